The third-order valence-corrected chi connectivity index (χ3v) is 7.81. The zero-order chi connectivity index (χ0) is 26.5. The van der Waals surface area contributed by atoms with E-state index in [1.807, 2.05) is 0 Å². The molecule has 1 aromatic rings. The average molecular weight is 541 g/mol. The maximum Gasteiger partial charge on any atom is 0.224 e. The van der Waals surface area contributed by atoms with E-state index >= 15 is 0 Å². The van der Waals surface area contributed by atoms with Crippen molar-refractivity contribution < 1.29 is 18.8 Å². The Morgan fingerprint density at radius 1 is 0.595 bits per heavy atom. The normalized spacial score (nSPS) is 12.4. The second kappa shape index (κ2) is 28.5. The van der Waals surface area contributed by atoms with Gasteiger partial charge in [-0.3, -0.25) is 0 Å². The first-order chi connectivity index (χ1) is 18.4. The van der Waals surface area contributed by atoms with Crippen molar-refractivity contribution in [3.63, 3.8) is 0 Å². The first kappa shape index (κ1) is 34.5. The molecule has 0 radical (unpaired) electrons. The number of thiazole rings is 1. The lowest BCUT2D eigenvalue weighted by molar-refractivity contribution is -0.692. The summed E-state index contributed by atoms with van der Waals surface area (Å²) < 4.78 is 19.9. The van der Waals surface area contributed by atoms with Crippen molar-refractivity contribution in [1.29, 1.82) is 0 Å². The largest absolute Gasteiger partial charge is 0.379 e. The van der Waals surface area contributed by atoms with E-state index in [-0.39, 0.29) is 6.10 Å². The minimum absolute atomic E-state index is 0.0752. The molecule has 5 heteroatoms. The van der Waals surface area contributed by atoms with Gasteiger partial charge in [0.15, 0.2) is 6.20 Å². The van der Waals surface area contributed by atoms with Gasteiger partial charge < -0.3 is 14.2 Å². The molecule has 0 amide bonds. The van der Waals surface area contributed by atoms with Gasteiger partial charge in [0.2, 0.25) is 5.51 Å². The van der Waals surface area contributed by atoms with Crippen LogP contribution >= 0.6 is 11.3 Å². The third kappa shape index (κ3) is 24.3. The smallest absolute Gasteiger partial charge is 0.224 e. The minimum atomic E-state index is 0.0752. The Bertz CT molecular complexity index is 540. The van der Waals surface area contributed by atoms with Gasteiger partial charge in [-0.25, -0.2) is 0 Å². The summed E-state index contributed by atoms with van der Waals surface area (Å²) in [5.74, 6) is 0. The van der Waals surface area contributed by atoms with Crippen LogP contribution in [0.15, 0.2) is 17.1 Å². The summed E-state index contributed by atoms with van der Waals surface area (Å²) >= 11 is 1.77. The van der Waals surface area contributed by atoms with Crippen LogP contribution in [0.1, 0.15) is 142 Å². The molecule has 0 N–H and O–H groups in total. The van der Waals surface area contributed by atoms with Crippen molar-refractivity contribution >= 4 is 11.3 Å². The van der Waals surface area contributed by atoms with Crippen molar-refractivity contribution in [2.24, 2.45) is 0 Å². The van der Waals surface area contributed by atoms with Crippen LogP contribution in [0.3, 0.4) is 0 Å². The summed E-state index contributed by atoms with van der Waals surface area (Å²) in [6, 6.07) is 0. The van der Waals surface area contributed by atoms with Gasteiger partial charge in [-0.15, -0.1) is 0 Å². The van der Waals surface area contributed by atoms with Crippen LogP contribution in [0.25, 0.3) is 0 Å². The quantitative estimate of drug-likeness (QED) is 0.0719. The molecule has 4 nitrogen and oxygen atoms in total. The Hall–Kier alpha value is -0.490. The molecule has 37 heavy (non-hydrogen) atoms. The Labute approximate surface area is 234 Å². The highest BCUT2D eigenvalue weighted by atomic mass is 32.1. The van der Waals surface area contributed by atoms with E-state index < -0.39 is 0 Å². The summed E-state index contributed by atoms with van der Waals surface area (Å²) in [5, 5.41) is 2.14. The number of ether oxygens (including phenoxy) is 3. The molecule has 218 valence electrons. The zero-order valence-electron chi connectivity index (χ0n) is 24.8. The SMILES string of the molecule is CCCCCCCCCCCCCCCCOCC(COCCCCCCCC[n+]1ccsc1)OCC. The van der Waals surface area contributed by atoms with E-state index in [2.05, 4.69) is 35.5 Å². The maximum atomic E-state index is 5.91. The summed E-state index contributed by atoms with van der Waals surface area (Å²) in [5.41, 5.74) is 2.19. The topological polar surface area (TPSA) is 31.6 Å². The average Bonchev–Trinajstić information content (AvgIpc) is 3.43. The molecule has 0 spiro atoms. The predicted octanol–water partition coefficient (Wildman–Crippen LogP) is 9.30. The second-order valence-corrected chi connectivity index (χ2v) is 11.5. The lowest BCUT2D eigenvalue weighted by Gasteiger charge is -2.17. The number of hydrogen-bond acceptors (Lipinski definition) is 4. The van der Waals surface area contributed by atoms with Gasteiger partial charge in [0.25, 0.3) is 0 Å². The van der Waals surface area contributed by atoms with E-state index in [1.165, 1.54) is 122 Å². The van der Waals surface area contributed by atoms with E-state index in [0.29, 0.717) is 13.2 Å². The van der Waals surface area contributed by atoms with Crippen molar-refractivity contribution in [1.82, 2.24) is 0 Å². The van der Waals surface area contributed by atoms with Crippen molar-refractivity contribution in [2.45, 2.75) is 155 Å². The number of aryl methyl sites for hydroxylation is 1. The number of unbranched alkanes of at least 4 members (excludes halogenated alkanes) is 18. The van der Waals surface area contributed by atoms with E-state index in [1.54, 1.807) is 11.3 Å². The number of aromatic nitrogens is 1. The fraction of sp³-hybridized carbons (Fsp3) is 0.906. The van der Waals surface area contributed by atoms with E-state index in [9.17, 15) is 0 Å². The second-order valence-electron chi connectivity index (χ2n) is 10.7. The molecule has 1 aromatic heterocycles. The van der Waals surface area contributed by atoms with Gasteiger partial charge in [0.05, 0.1) is 18.6 Å². The summed E-state index contributed by atoms with van der Waals surface area (Å²) in [4.78, 5) is 0. The Kier molecular flexibility index (Phi) is 26.6. The third-order valence-electron chi connectivity index (χ3n) is 7.13. The lowest BCUT2D eigenvalue weighted by atomic mass is 10.0. The molecule has 0 aromatic carbocycles. The molecule has 0 bridgehead atoms. The van der Waals surface area contributed by atoms with Crippen LogP contribution < -0.4 is 4.57 Å². The van der Waals surface area contributed by atoms with Crippen LogP contribution in [-0.2, 0) is 20.8 Å². The fourth-order valence-electron chi connectivity index (χ4n) is 4.80. The van der Waals surface area contributed by atoms with Gasteiger partial charge in [-0.1, -0.05) is 121 Å². The zero-order valence-corrected chi connectivity index (χ0v) is 25.6. The van der Waals surface area contributed by atoms with E-state index in [4.69, 9.17) is 14.2 Å². The number of rotatable bonds is 30. The van der Waals surface area contributed by atoms with Crippen LogP contribution in [-0.4, -0.2) is 39.1 Å². The highest BCUT2D eigenvalue weighted by Crippen LogP contribution is 2.13. The molecule has 0 saturated carbocycles. The number of hydrogen-bond donors (Lipinski definition) is 0. The molecule has 1 atom stereocenters. The van der Waals surface area contributed by atoms with Gasteiger partial charge >= 0.3 is 0 Å². The molecule has 0 aliphatic heterocycles. The molecule has 0 fully saturated rings. The maximum absolute atomic E-state index is 5.91. The molecular formula is C32H62NO3S+. The standard InChI is InChI=1S/C32H62NO3S/c1-3-5-6-7-8-9-10-11-12-13-14-16-19-22-26-34-29-32(36-4-2)30-35-27-23-20-17-15-18-21-24-33-25-28-37-31-33/h25,28,31-32H,3-24,26-27,29-30H2,1-2H3/q+1. The minimum Gasteiger partial charge on any atom is -0.379 e. The number of nitrogens with zero attached hydrogens (tertiary/aromatic N) is 1. The Morgan fingerprint density at radius 3 is 1.49 bits per heavy atom. The van der Waals surface area contributed by atoms with Crippen LogP contribution in [0.4, 0.5) is 0 Å². The molecule has 0 aliphatic carbocycles. The molecule has 0 saturated heterocycles. The first-order valence-electron chi connectivity index (χ1n) is 16.0. The van der Waals surface area contributed by atoms with E-state index in [0.717, 1.165) is 32.8 Å². The van der Waals surface area contributed by atoms with Crippen LogP contribution in [0, 0.1) is 0 Å². The molecule has 0 aliphatic rings. The Morgan fingerprint density at radius 2 is 1.05 bits per heavy atom. The monoisotopic (exact) mass is 540 g/mol. The van der Waals surface area contributed by atoms with Crippen molar-refractivity contribution in [3.8, 4) is 0 Å². The van der Waals surface area contributed by atoms with Gasteiger partial charge in [-0.05, 0) is 26.2 Å². The van der Waals surface area contributed by atoms with Crippen molar-refractivity contribution in [2.75, 3.05) is 33.0 Å². The summed E-state index contributed by atoms with van der Waals surface area (Å²) in [6.45, 7) is 9.24. The lowest BCUT2D eigenvalue weighted by Crippen LogP contribution is -2.29. The summed E-state index contributed by atoms with van der Waals surface area (Å²) in [6.07, 6.45) is 29.4. The molecule has 1 heterocycles. The van der Waals surface area contributed by atoms with Crippen LogP contribution in [0.2, 0.25) is 0 Å². The van der Waals surface area contributed by atoms with Crippen molar-refractivity contribution in [3.05, 3.63) is 17.1 Å². The van der Waals surface area contributed by atoms with Crippen LogP contribution in [0.5, 0.6) is 0 Å². The molecule has 1 rings (SSSR count). The highest BCUT2D eigenvalue weighted by molar-refractivity contribution is 7.07. The Balaban J connectivity index is 1.80. The summed E-state index contributed by atoms with van der Waals surface area (Å²) in [7, 11) is 0. The van der Waals surface area contributed by atoms with Gasteiger partial charge in [0.1, 0.15) is 12.6 Å². The van der Waals surface area contributed by atoms with Gasteiger partial charge in [-0.2, -0.15) is 4.57 Å². The van der Waals surface area contributed by atoms with Gasteiger partial charge in [0, 0.05) is 26.2 Å². The predicted molar refractivity (Wildman–Crippen MR) is 160 cm³/mol. The molecule has 1 unspecified atom stereocenters. The highest BCUT2D eigenvalue weighted by Gasteiger charge is 2.09. The molecular weight excluding hydrogens is 478 g/mol. The first-order valence-corrected chi connectivity index (χ1v) is 17.0. The fourth-order valence-corrected chi connectivity index (χ4v) is 5.43.